The van der Waals surface area contributed by atoms with E-state index in [1.807, 2.05) is 77.8 Å². The van der Waals surface area contributed by atoms with Gasteiger partial charge in [-0.2, -0.15) is 5.10 Å². The second-order valence-corrected chi connectivity index (χ2v) is 8.71. The quantitative estimate of drug-likeness (QED) is 0.255. The standard InChI is InChI=1S/C30H24N2O4/c1-34-23-15-11-20(12-16-23)26-19-27-25-9-5-6-10-28(25)36-29(32(27)31-26)21-13-17-24(18-14-21)35-30(33)22-7-3-2-4-8-22/h2-18,27,29H,19H2,1H3/t27-,29-/m0/s1. The van der Waals surface area contributed by atoms with Gasteiger partial charge in [-0.05, 0) is 72.3 Å². The van der Waals surface area contributed by atoms with E-state index < -0.39 is 6.23 Å². The monoisotopic (exact) mass is 476 g/mol. The summed E-state index contributed by atoms with van der Waals surface area (Å²) in [7, 11) is 1.66. The van der Waals surface area contributed by atoms with Crippen LogP contribution in [0.15, 0.2) is 108 Å². The van der Waals surface area contributed by atoms with E-state index in [-0.39, 0.29) is 12.0 Å². The lowest BCUT2D eigenvalue weighted by Crippen LogP contribution is -2.33. The number of rotatable bonds is 5. The fourth-order valence-electron chi connectivity index (χ4n) is 4.65. The third-order valence-corrected chi connectivity index (χ3v) is 6.51. The molecule has 0 saturated carbocycles. The van der Waals surface area contributed by atoms with Gasteiger partial charge in [0.15, 0.2) is 0 Å². The van der Waals surface area contributed by atoms with E-state index in [0.717, 1.165) is 40.3 Å². The molecule has 178 valence electrons. The molecule has 0 bridgehead atoms. The van der Waals surface area contributed by atoms with Gasteiger partial charge in [0.2, 0.25) is 6.23 Å². The van der Waals surface area contributed by atoms with Crippen LogP contribution in [0, 0.1) is 0 Å². The van der Waals surface area contributed by atoms with Crippen molar-refractivity contribution >= 4 is 11.7 Å². The normalized spacial score (nSPS) is 17.9. The molecule has 6 heteroatoms. The number of hydrogen-bond acceptors (Lipinski definition) is 6. The zero-order valence-electron chi connectivity index (χ0n) is 19.7. The Labute approximate surface area is 209 Å². The zero-order chi connectivity index (χ0) is 24.5. The van der Waals surface area contributed by atoms with Crippen LogP contribution in [0.3, 0.4) is 0 Å². The molecule has 0 aliphatic carbocycles. The summed E-state index contributed by atoms with van der Waals surface area (Å²) in [4.78, 5) is 12.4. The molecule has 36 heavy (non-hydrogen) atoms. The number of nitrogens with zero attached hydrogens (tertiary/aromatic N) is 2. The van der Waals surface area contributed by atoms with Gasteiger partial charge in [-0.25, -0.2) is 9.80 Å². The maximum atomic E-state index is 12.4. The zero-order valence-corrected chi connectivity index (χ0v) is 19.7. The Hall–Kier alpha value is -4.58. The molecular weight excluding hydrogens is 452 g/mol. The minimum Gasteiger partial charge on any atom is -0.497 e. The second-order valence-electron chi connectivity index (χ2n) is 8.71. The van der Waals surface area contributed by atoms with Gasteiger partial charge >= 0.3 is 5.97 Å². The van der Waals surface area contributed by atoms with Crippen LogP contribution in [0.5, 0.6) is 17.2 Å². The highest BCUT2D eigenvalue weighted by Gasteiger charge is 2.40. The van der Waals surface area contributed by atoms with E-state index in [4.69, 9.17) is 19.3 Å². The van der Waals surface area contributed by atoms with Gasteiger partial charge in [0.1, 0.15) is 17.2 Å². The lowest BCUT2D eigenvalue weighted by molar-refractivity contribution is -0.0190. The molecule has 0 amide bonds. The number of esters is 1. The van der Waals surface area contributed by atoms with Crippen LogP contribution in [0.4, 0.5) is 0 Å². The maximum absolute atomic E-state index is 12.4. The molecule has 2 aliphatic rings. The highest BCUT2D eigenvalue weighted by molar-refractivity contribution is 6.02. The van der Waals surface area contributed by atoms with E-state index in [1.54, 1.807) is 31.4 Å². The Morgan fingerprint density at radius 1 is 0.861 bits per heavy atom. The number of benzene rings is 4. The predicted molar refractivity (Wildman–Crippen MR) is 136 cm³/mol. The fourth-order valence-corrected chi connectivity index (χ4v) is 4.65. The van der Waals surface area contributed by atoms with E-state index in [9.17, 15) is 4.79 Å². The number of methoxy groups -OCH3 is 1. The summed E-state index contributed by atoms with van der Waals surface area (Å²) in [6, 6.07) is 32.5. The Balaban J connectivity index is 1.28. The topological polar surface area (TPSA) is 60.4 Å². The van der Waals surface area contributed by atoms with Crippen molar-refractivity contribution in [2.75, 3.05) is 7.11 Å². The summed E-state index contributed by atoms with van der Waals surface area (Å²) < 4.78 is 17.3. The third kappa shape index (κ3) is 4.07. The largest absolute Gasteiger partial charge is 0.497 e. The first kappa shape index (κ1) is 21.9. The number of fused-ring (bicyclic) bond motifs is 3. The highest BCUT2D eigenvalue weighted by Crippen LogP contribution is 2.47. The van der Waals surface area contributed by atoms with Gasteiger partial charge in [-0.15, -0.1) is 0 Å². The van der Waals surface area contributed by atoms with Crippen LogP contribution in [-0.2, 0) is 0 Å². The van der Waals surface area contributed by atoms with E-state index in [2.05, 4.69) is 6.07 Å². The van der Waals surface area contributed by atoms with Gasteiger partial charge < -0.3 is 14.2 Å². The van der Waals surface area contributed by atoms with E-state index in [1.165, 1.54) is 0 Å². The van der Waals surface area contributed by atoms with Crippen LogP contribution < -0.4 is 14.2 Å². The van der Waals surface area contributed by atoms with Crippen molar-refractivity contribution in [2.24, 2.45) is 5.10 Å². The summed E-state index contributed by atoms with van der Waals surface area (Å²) in [5.41, 5.74) is 4.61. The van der Waals surface area contributed by atoms with Crippen molar-refractivity contribution in [3.05, 3.63) is 125 Å². The summed E-state index contributed by atoms with van der Waals surface area (Å²) in [5, 5.41) is 7.04. The molecular formula is C30H24N2O4. The SMILES string of the molecule is COc1ccc(C2=NN3[C@@H](C2)c2ccccc2O[C@H]3c2ccc(OC(=O)c3ccccc3)cc2)cc1. The molecule has 6 nitrogen and oxygen atoms in total. The van der Waals surface area contributed by atoms with Crippen LogP contribution in [0.25, 0.3) is 0 Å². The first-order valence-electron chi connectivity index (χ1n) is 11.8. The number of ether oxygens (including phenoxy) is 3. The van der Waals surface area contributed by atoms with Crippen molar-refractivity contribution < 1.29 is 19.0 Å². The first-order chi connectivity index (χ1) is 17.7. The van der Waals surface area contributed by atoms with E-state index >= 15 is 0 Å². The minimum absolute atomic E-state index is 0.0626. The number of para-hydroxylation sites is 1. The van der Waals surface area contributed by atoms with Gasteiger partial charge in [0.25, 0.3) is 0 Å². The average Bonchev–Trinajstić information content (AvgIpc) is 3.39. The van der Waals surface area contributed by atoms with Crippen molar-refractivity contribution in [1.82, 2.24) is 5.01 Å². The van der Waals surface area contributed by atoms with Crippen molar-refractivity contribution in [3.8, 4) is 17.2 Å². The molecule has 0 spiro atoms. The fraction of sp³-hybridized carbons (Fsp3) is 0.133. The Morgan fingerprint density at radius 2 is 1.56 bits per heavy atom. The van der Waals surface area contributed by atoms with Crippen LogP contribution in [0.2, 0.25) is 0 Å². The number of carbonyl (C=O) groups is 1. The number of carbonyl (C=O) groups excluding carboxylic acids is 1. The lowest BCUT2D eigenvalue weighted by atomic mass is 9.96. The van der Waals surface area contributed by atoms with Crippen molar-refractivity contribution in [1.29, 1.82) is 0 Å². The Morgan fingerprint density at radius 3 is 2.31 bits per heavy atom. The molecule has 4 aromatic rings. The van der Waals surface area contributed by atoms with Gasteiger partial charge in [-0.1, -0.05) is 36.4 Å². The Bertz CT molecular complexity index is 1420. The third-order valence-electron chi connectivity index (χ3n) is 6.51. The molecule has 2 aliphatic heterocycles. The average molecular weight is 477 g/mol. The molecule has 6 rings (SSSR count). The van der Waals surface area contributed by atoms with Crippen LogP contribution in [-0.4, -0.2) is 23.8 Å². The van der Waals surface area contributed by atoms with Gasteiger partial charge in [0.05, 0.1) is 24.4 Å². The summed E-state index contributed by atoms with van der Waals surface area (Å²) >= 11 is 0. The van der Waals surface area contributed by atoms with Gasteiger partial charge in [-0.3, -0.25) is 0 Å². The minimum atomic E-state index is -0.403. The molecule has 0 N–H and O–H groups in total. The number of hydrazone groups is 1. The van der Waals surface area contributed by atoms with E-state index in [0.29, 0.717) is 11.3 Å². The van der Waals surface area contributed by atoms with Crippen LogP contribution in [0.1, 0.15) is 45.7 Å². The summed E-state index contributed by atoms with van der Waals surface area (Å²) in [6.07, 6.45) is 0.371. The van der Waals surface area contributed by atoms with Crippen LogP contribution >= 0.6 is 0 Å². The Kier molecular flexibility index (Phi) is 5.62. The molecule has 4 aromatic carbocycles. The smallest absolute Gasteiger partial charge is 0.343 e. The molecule has 0 unspecified atom stereocenters. The number of hydrogen-bond donors (Lipinski definition) is 0. The molecule has 0 aromatic heterocycles. The van der Waals surface area contributed by atoms with Crippen molar-refractivity contribution in [2.45, 2.75) is 18.7 Å². The molecule has 2 atom stereocenters. The summed E-state index contributed by atoms with van der Waals surface area (Å²) in [6.45, 7) is 0. The van der Waals surface area contributed by atoms with Crippen molar-refractivity contribution in [3.63, 3.8) is 0 Å². The molecule has 0 radical (unpaired) electrons. The predicted octanol–water partition coefficient (Wildman–Crippen LogP) is 6.16. The summed E-state index contributed by atoms with van der Waals surface area (Å²) in [5.74, 6) is 1.76. The lowest BCUT2D eigenvalue weighted by Gasteiger charge is -2.38. The van der Waals surface area contributed by atoms with Gasteiger partial charge in [0, 0.05) is 17.5 Å². The molecule has 2 heterocycles. The second kappa shape index (κ2) is 9.23. The molecule has 0 saturated heterocycles. The highest BCUT2D eigenvalue weighted by atomic mass is 16.5. The first-order valence-corrected chi connectivity index (χ1v) is 11.8. The molecule has 0 fully saturated rings. The maximum Gasteiger partial charge on any atom is 0.343 e.